The van der Waals surface area contributed by atoms with Crippen LogP contribution in [-0.4, -0.2) is 11.3 Å². The van der Waals surface area contributed by atoms with E-state index in [4.69, 9.17) is 5.26 Å². The van der Waals surface area contributed by atoms with Gasteiger partial charge < -0.3 is 4.74 Å². The van der Waals surface area contributed by atoms with Crippen LogP contribution in [-0.2, 0) is 0 Å². The predicted octanol–water partition coefficient (Wildman–Crippen LogP) is 2.79. The Balaban J connectivity index is 3.24. The molecule has 0 saturated heterocycles. The molecule has 0 aliphatic carbocycles. The molecule has 0 N–H and O–H groups in total. The van der Waals surface area contributed by atoms with Crippen LogP contribution < -0.4 is 4.74 Å². The molecular weight excluding hydrogens is 235 g/mol. The van der Waals surface area contributed by atoms with Crippen molar-refractivity contribution in [3.63, 3.8) is 0 Å². The number of hydrogen-bond acceptors (Lipinski definition) is 3. The van der Waals surface area contributed by atoms with Gasteiger partial charge in [-0.3, -0.25) is 0 Å². The third-order valence-corrected chi connectivity index (χ3v) is 1.50. The molecule has 0 bridgehead atoms. The van der Waals surface area contributed by atoms with Crippen molar-refractivity contribution in [2.24, 2.45) is 0 Å². The van der Waals surface area contributed by atoms with E-state index in [1.54, 1.807) is 0 Å². The first-order valence-corrected chi connectivity index (χ1v) is 3.78. The number of halogens is 5. The second-order valence-electron chi connectivity index (χ2n) is 2.54. The van der Waals surface area contributed by atoms with Crippen LogP contribution in [0.1, 0.15) is 17.6 Å². The van der Waals surface area contributed by atoms with Crippen molar-refractivity contribution in [2.75, 3.05) is 0 Å². The van der Waals surface area contributed by atoms with Gasteiger partial charge in [-0.05, 0) is 6.07 Å². The maximum atomic E-state index is 12.4. The largest absolute Gasteiger partial charge is 0.574 e. The van der Waals surface area contributed by atoms with Crippen LogP contribution in [0.15, 0.2) is 12.3 Å². The maximum absolute atomic E-state index is 12.4. The SMILES string of the molecule is N#Cc1ccnc(OC(F)(F)F)c1C(F)F. The lowest BCUT2D eigenvalue weighted by Crippen LogP contribution is -2.19. The Morgan fingerprint density at radius 2 is 2.00 bits per heavy atom. The molecule has 86 valence electrons. The molecule has 1 aromatic heterocycles. The second kappa shape index (κ2) is 4.30. The highest BCUT2D eigenvalue weighted by Gasteiger charge is 2.35. The molecule has 16 heavy (non-hydrogen) atoms. The molecule has 0 fully saturated rings. The van der Waals surface area contributed by atoms with Crippen molar-refractivity contribution in [3.05, 3.63) is 23.4 Å². The Morgan fingerprint density at radius 1 is 1.38 bits per heavy atom. The van der Waals surface area contributed by atoms with Crippen LogP contribution in [0.3, 0.4) is 0 Å². The first-order chi connectivity index (χ1) is 7.35. The minimum Gasteiger partial charge on any atom is -0.387 e. The van der Waals surface area contributed by atoms with Crippen LogP contribution >= 0.6 is 0 Å². The summed E-state index contributed by atoms with van der Waals surface area (Å²) in [5, 5.41) is 8.44. The third-order valence-electron chi connectivity index (χ3n) is 1.50. The molecule has 0 aromatic carbocycles. The van der Waals surface area contributed by atoms with Gasteiger partial charge in [-0.25, -0.2) is 13.8 Å². The van der Waals surface area contributed by atoms with E-state index in [0.29, 0.717) is 0 Å². The van der Waals surface area contributed by atoms with Crippen LogP contribution in [0.4, 0.5) is 22.0 Å². The molecule has 1 rings (SSSR count). The fourth-order valence-electron chi connectivity index (χ4n) is 0.953. The van der Waals surface area contributed by atoms with Crippen molar-refractivity contribution >= 4 is 0 Å². The molecule has 0 saturated carbocycles. The van der Waals surface area contributed by atoms with Gasteiger partial charge in [0.2, 0.25) is 5.88 Å². The summed E-state index contributed by atoms with van der Waals surface area (Å²) in [6.45, 7) is 0. The van der Waals surface area contributed by atoms with Gasteiger partial charge in [-0.15, -0.1) is 13.2 Å². The Bertz CT molecular complexity index is 423. The Morgan fingerprint density at radius 3 is 2.44 bits per heavy atom. The van der Waals surface area contributed by atoms with E-state index in [9.17, 15) is 22.0 Å². The van der Waals surface area contributed by atoms with E-state index in [-0.39, 0.29) is 0 Å². The summed E-state index contributed by atoms with van der Waals surface area (Å²) < 4.78 is 63.6. The minimum atomic E-state index is -5.13. The first-order valence-electron chi connectivity index (χ1n) is 3.78. The molecule has 0 aliphatic heterocycles. The zero-order valence-corrected chi connectivity index (χ0v) is 7.42. The monoisotopic (exact) mass is 238 g/mol. The number of alkyl halides is 5. The van der Waals surface area contributed by atoms with Crippen molar-refractivity contribution in [1.29, 1.82) is 5.26 Å². The number of ether oxygens (including phenoxy) is 1. The molecular formula is C8H3F5N2O. The highest BCUT2D eigenvalue weighted by atomic mass is 19.4. The average Bonchev–Trinajstić information content (AvgIpc) is 2.14. The van der Waals surface area contributed by atoms with Gasteiger partial charge in [-0.2, -0.15) is 5.26 Å². The quantitative estimate of drug-likeness (QED) is 0.744. The predicted molar refractivity (Wildman–Crippen MR) is 40.6 cm³/mol. The van der Waals surface area contributed by atoms with Crippen molar-refractivity contribution in [3.8, 4) is 11.9 Å². The van der Waals surface area contributed by atoms with Gasteiger partial charge in [0.15, 0.2) is 0 Å². The van der Waals surface area contributed by atoms with Gasteiger partial charge >= 0.3 is 6.36 Å². The molecule has 8 heteroatoms. The first kappa shape index (κ1) is 12.2. The molecule has 1 heterocycles. The molecule has 0 radical (unpaired) electrons. The Kier molecular flexibility index (Phi) is 3.27. The highest BCUT2D eigenvalue weighted by molar-refractivity contribution is 5.43. The van der Waals surface area contributed by atoms with E-state index in [1.807, 2.05) is 0 Å². The fraction of sp³-hybridized carbons (Fsp3) is 0.250. The van der Waals surface area contributed by atoms with Crippen LogP contribution in [0.5, 0.6) is 5.88 Å². The zero-order chi connectivity index (χ0) is 12.3. The normalized spacial score (nSPS) is 11.3. The third kappa shape index (κ3) is 2.79. The number of rotatable bonds is 2. The fourth-order valence-corrected chi connectivity index (χ4v) is 0.953. The second-order valence-corrected chi connectivity index (χ2v) is 2.54. The zero-order valence-electron chi connectivity index (χ0n) is 7.42. The number of nitriles is 1. The summed E-state index contributed by atoms with van der Waals surface area (Å²) in [4.78, 5) is 3.02. The number of aromatic nitrogens is 1. The lowest BCUT2D eigenvalue weighted by molar-refractivity contribution is -0.276. The van der Waals surface area contributed by atoms with E-state index in [0.717, 1.165) is 12.3 Å². The van der Waals surface area contributed by atoms with Gasteiger partial charge in [0, 0.05) is 6.20 Å². The highest BCUT2D eigenvalue weighted by Crippen LogP contribution is 2.33. The van der Waals surface area contributed by atoms with E-state index in [2.05, 4.69) is 9.72 Å². The molecule has 0 atom stereocenters. The van der Waals surface area contributed by atoms with Crippen molar-refractivity contribution < 1.29 is 26.7 Å². The minimum absolute atomic E-state index is 0.607. The standard InChI is InChI=1S/C8H3F5N2O/c9-6(10)5-4(3-14)1-2-15-7(5)16-8(11,12)13/h1-2,6H. The number of hydrogen-bond donors (Lipinski definition) is 0. The molecule has 0 amide bonds. The maximum Gasteiger partial charge on any atom is 0.574 e. The topological polar surface area (TPSA) is 45.9 Å². The molecule has 0 unspecified atom stereocenters. The number of pyridine rings is 1. The summed E-state index contributed by atoms with van der Waals surface area (Å²) in [6.07, 6.45) is -7.63. The van der Waals surface area contributed by atoms with Gasteiger partial charge in [0.05, 0.1) is 17.2 Å². The van der Waals surface area contributed by atoms with Crippen LogP contribution in [0, 0.1) is 11.3 Å². The molecule has 1 aromatic rings. The number of nitrogens with zero attached hydrogens (tertiary/aromatic N) is 2. The summed E-state index contributed by atoms with van der Waals surface area (Å²) in [7, 11) is 0. The summed E-state index contributed by atoms with van der Waals surface area (Å²) in [5.74, 6) is -1.30. The lowest BCUT2D eigenvalue weighted by Gasteiger charge is -2.12. The van der Waals surface area contributed by atoms with Gasteiger partial charge in [-0.1, -0.05) is 0 Å². The van der Waals surface area contributed by atoms with E-state index < -0.39 is 29.8 Å². The Hall–Kier alpha value is -1.91. The summed E-state index contributed by atoms with van der Waals surface area (Å²) in [6, 6.07) is 2.22. The smallest absolute Gasteiger partial charge is 0.387 e. The van der Waals surface area contributed by atoms with Crippen molar-refractivity contribution in [1.82, 2.24) is 4.98 Å². The van der Waals surface area contributed by atoms with E-state index in [1.165, 1.54) is 6.07 Å². The summed E-state index contributed by atoms with van der Waals surface area (Å²) in [5.41, 5.74) is -1.77. The Labute approximate surface area is 86.1 Å². The lowest BCUT2D eigenvalue weighted by atomic mass is 10.1. The molecule has 0 aliphatic rings. The van der Waals surface area contributed by atoms with Gasteiger partial charge in [0.25, 0.3) is 6.43 Å². The molecule has 0 spiro atoms. The van der Waals surface area contributed by atoms with Crippen molar-refractivity contribution in [2.45, 2.75) is 12.8 Å². The molecule has 3 nitrogen and oxygen atoms in total. The van der Waals surface area contributed by atoms with Crippen LogP contribution in [0.2, 0.25) is 0 Å². The van der Waals surface area contributed by atoms with E-state index >= 15 is 0 Å². The average molecular weight is 238 g/mol. The van der Waals surface area contributed by atoms with Crippen LogP contribution in [0.25, 0.3) is 0 Å². The summed E-state index contributed by atoms with van der Waals surface area (Å²) >= 11 is 0. The van der Waals surface area contributed by atoms with Gasteiger partial charge in [0.1, 0.15) is 0 Å².